The van der Waals surface area contributed by atoms with Crippen LogP contribution in [0.4, 0.5) is 0 Å². The third kappa shape index (κ3) is 4.59. The molecule has 0 saturated heterocycles. The summed E-state index contributed by atoms with van der Waals surface area (Å²) in [6, 6.07) is 15.5. The average Bonchev–Trinajstić information content (AvgIpc) is 3.43. The predicted molar refractivity (Wildman–Crippen MR) is 140 cm³/mol. The van der Waals surface area contributed by atoms with E-state index in [1.807, 2.05) is 54.7 Å². The highest BCUT2D eigenvalue weighted by atomic mass is 32.2. The van der Waals surface area contributed by atoms with Crippen molar-refractivity contribution in [3.63, 3.8) is 0 Å². The lowest BCUT2D eigenvalue weighted by molar-refractivity contribution is -0.114. The first-order chi connectivity index (χ1) is 17.1. The van der Waals surface area contributed by atoms with Gasteiger partial charge in [0.2, 0.25) is 5.17 Å². The molecule has 2 aliphatic rings. The number of hydrazone groups is 1. The van der Waals surface area contributed by atoms with Crippen LogP contribution in [0.1, 0.15) is 25.3 Å². The number of amidine groups is 2. The fraction of sp³-hybridized carbons (Fsp3) is 0.231. The van der Waals surface area contributed by atoms with Gasteiger partial charge in [-0.15, -0.1) is 0 Å². The highest BCUT2D eigenvalue weighted by molar-refractivity contribution is 8.26. The Labute approximate surface area is 207 Å². The fourth-order valence-corrected chi connectivity index (χ4v) is 5.02. The summed E-state index contributed by atoms with van der Waals surface area (Å²) in [5, 5.41) is 16.9. The third-order valence-electron chi connectivity index (χ3n) is 5.72. The maximum absolute atomic E-state index is 12.8. The van der Waals surface area contributed by atoms with Crippen molar-refractivity contribution in [1.82, 2.24) is 9.58 Å². The summed E-state index contributed by atoms with van der Waals surface area (Å²) in [5.74, 6) is 1.12. The van der Waals surface area contributed by atoms with Gasteiger partial charge in [0.25, 0.3) is 5.91 Å². The molecule has 0 bridgehead atoms. The number of rotatable bonds is 8. The minimum absolute atomic E-state index is 0.0526. The van der Waals surface area contributed by atoms with Gasteiger partial charge in [-0.25, -0.2) is 0 Å². The normalized spacial score (nSPS) is 16.5. The predicted octanol–water partition coefficient (Wildman–Crippen LogP) is 5.15. The molecule has 0 radical (unpaired) electrons. The second-order valence-electron chi connectivity index (χ2n) is 8.09. The van der Waals surface area contributed by atoms with Crippen molar-refractivity contribution in [1.29, 1.82) is 5.41 Å². The Morgan fingerprint density at radius 2 is 1.97 bits per heavy atom. The van der Waals surface area contributed by atoms with E-state index in [4.69, 9.17) is 14.9 Å². The number of aliphatic imine (C=N–C) groups is 1. The molecular weight excluding hydrogens is 462 g/mol. The summed E-state index contributed by atoms with van der Waals surface area (Å²) in [4.78, 5) is 17.0. The number of fused-ring (bicyclic) bond motifs is 2. The molecule has 1 N–H and O–H groups in total. The Hall–Kier alpha value is -3.85. The number of benzene rings is 2. The number of methoxy groups -OCH3 is 1. The molecule has 0 fully saturated rings. The average molecular weight is 488 g/mol. The van der Waals surface area contributed by atoms with Crippen molar-refractivity contribution in [2.45, 2.75) is 26.3 Å². The minimum Gasteiger partial charge on any atom is -0.497 e. The van der Waals surface area contributed by atoms with Gasteiger partial charge >= 0.3 is 0 Å². The van der Waals surface area contributed by atoms with Gasteiger partial charge in [-0.2, -0.15) is 15.1 Å². The van der Waals surface area contributed by atoms with E-state index >= 15 is 0 Å². The van der Waals surface area contributed by atoms with Gasteiger partial charge in [-0.1, -0.05) is 31.2 Å². The van der Waals surface area contributed by atoms with Crippen LogP contribution in [0.5, 0.6) is 11.5 Å². The van der Waals surface area contributed by atoms with Crippen LogP contribution in [-0.2, 0) is 11.3 Å². The molecule has 3 heterocycles. The second-order valence-corrected chi connectivity index (χ2v) is 9.13. The SMILES string of the molecule is CCCC1=NN2C(=N)/C(=C/c3cn(CCOc4cccc(OC)c4)c4ccccc34)C(=O)N=C2S1. The maximum Gasteiger partial charge on any atom is 0.283 e. The second kappa shape index (κ2) is 9.79. The lowest BCUT2D eigenvalue weighted by atomic mass is 10.1. The first kappa shape index (κ1) is 22.9. The number of nitrogens with one attached hydrogen (secondary N) is 1. The number of hydrogen-bond acceptors (Lipinski definition) is 6. The van der Waals surface area contributed by atoms with Crippen molar-refractivity contribution in [2.75, 3.05) is 13.7 Å². The van der Waals surface area contributed by atoms with E-state index in [9.17, 15) is 4.79 Å². The standard InChI is InChI=1S/C26H25N5O3S/c1-3-7-23-29-31-24(27)21(25(32)28-26(31)35-23)14-17-16-30(22-11-5-4-10-20(17)22)12-13-34-19-9-6-8-18(15-19)33-2/h4-6,8-11,14-16,27H,3,7,12-13H2,1-2H3/b21-14-,27-24?. The van der Waals surface area contributed by atoms with Gasteiger partial charge < -0.3 is 14.0 Å². The Kier molecular flexibility index (Phi) is 6.41. The smallest absolute Gasteiger partial charge is 0.283 e. The summed E-state index contributed by atoms with van der Waals surface area (Å²) in [7, 11) is 1.63. The Morgan fingerprint density at radius 1 is 1.14 bits per heavy atom. The summed E-state index contributed by atoms with van der Waals surface area (Å²) >= 11 is 1.36. The van der Waals surface area contributed by atoms with E-state index in [1.54, 1.807) is 13.2 Å². The number of amides is 1. The molecule has 0 saturated carbocycles. The molecule has 2 aromatic carbocycles. The zero-order valence-electron chi connectivity index (χ0n) is 19.5. The molecule has 1 aromatic heterocycles. The third-order valence-corrected chi connectivity index (χ3v) is 6.69. The topological polar surface area (TPSA) is 92.3 Å². The van der Waals surface area contributed by atoms with Crippen LogP contribution in [0.15, 0.2) is 70.4 Å². The van der Waals surface area contributed by atoms with Gasteiger partial charge in [0.15, 0.2) is 5.84 Å². The molecule has 3 aromatic rings. The van der Waals surface area contributed by atoms with E-state index in [2.05, 4.69) is 21.6 Å². The van der Waals surface area contributed by atoms with Gasteiger partial charge in [-0.3, -0.25) is 10.2 Å². The number of ether oxygens (including phenoxy) is 2. The van der Waals surface area contributed by atoms with E-state index in [1.165, 1.54) is 16.8 Å². The maximum atomic E-state index is 12.8. The lowest BCUT2D eigenvalue weighted by Crippen LogP contribution is -2.35. The van der Waals surface area contributed by atoms with Crippen molar-refractivity contribution < 1.29 is 14.3 Å². The van der Waals surface area contributed by atoms with Crippen LogP contribution in [0.2, 0.25) is 0 Å². The molecule has 5 rings (SSSR count). The largest absolute Gasteiger partial charge is 0.497 e. The fourth-order valence-electron chi connectivity index (χ4n) is 4.03. The molecule has 0 atom stereocenters. The number of para-hydroxylation sites is 1. The van der Waals surface area contributed by atoms with Crippen molar-refractivity contribution in [3.05, 3.63) is 65.9 Å². The van der Waals surface area contributed by atoms with Gasteiger partial charge in [0.05, 0.1) is 19.2 Å². The monoisotopic (exact) mass is 487 g/mol. The molecule has 0 unspecified atom stereocenters. The Balaban J connectivity index is 1.40. The van der Waals surface area contributed by atoms with Crippen LogP contribution in [0.3, 0.4) is 0 Å². The number of carbonyl (C=O) groups is 1. The summed E-state index contributed by atoms with van der Waals surface area (Å²) in [5.41, 5.74) is 2.09. The molecule has 2 aliphatic heterocycles. The molecule has 0 aliphatic carbocycles. The summed E-state index contributed by atoms with van der Waals surface area (Å²) in [6.07, 6.45) is 5.46. The molecule has 178 valence electrons. The number of aromatic nitrogens is 1. The number of carbonyl (C=O) groups excluding carboxylic acids is 1. The van der Waals surface area contributed by atoms with Gasteiger partial charge in [0.1, 0.15) is 23.1 Å². The molecule has 8 nitrogen and oxygen atoms in total. The number of nitrogens with zero attached hydrogens (tertiary/aromatic N) is 4. The lowest BCUT2D eigenvalue weighted by Gasteiger charge is -2.20. The zero-order valence-corrected chi connectivity index (χ0v) is 20.3. The van der Waals surface area contributed by atoms with E-state index < -0.39 is 5.91 Å². The van der Waals surface area contributed by atoms with Crippen molar-refractivity contribution in [3.8, 4) is 11.5 Å². The Bertz CT molecular complexity index is 1400. The van der Waals surface area contributed by atoms with E-state index in [0.29, 0.717) is 18.3 Å². The van der Waals surface area contributed by atoms with E-state index in [-0.39, 0.29) is 11.4 Å². The van der Waals surface area contributed by atoms with Gasteiger partial charge in [0, 0.05) is 28.7 Å². The number of thioether (sulfide) groups is 1. The Morgan fingerprint density at radius 3 is 2.80 bits per heavy atom. The first-order valence-electron chi connectivity index (χ1n) is 11.4. The zero-order chi connectivity index (χ0) is 24.4. The van der Waals surface area contributed by atoms with Crippen LogP contribution >= 0.6 is 11.8 Å². The van der Waals surface area contributed by atoms with Crippen molar-refractivity contribution in [2.24, 2.45) is 10.1 Å². The van der Waals surface area contributed by atoms with Crippen LogP contribution in [-0.4, -0.2) is 45.2 Å². The van der Waals surface area contributed by atoms with Crippen LogP contribution in [0, 0.1) is 5.41 Å². The van der Waals surface area contributed by atoms with E-state index in [0.717, 1.165) is 45.9 Å². The molecule has 35 heavy (non-hydrogen) atoms. The first-order valence-corrected chi connectivity index (χ1v) is 12.2. The van der Waals surface area contributed by atoms with Crippen LogP contribution < -0.4 is 9.47 Å². The molecule has 0 spiro atoms. The number of hydrogen-bond donors (Lipinski definition) is 1. The molecular formula is C26H25N5O3S. The van der Waals surface area contributed by atoms with Gasteiger partial charge in [-0.05, 0) is 48.9 Å². The quantitative estimate of drug-likeness (QED) is 0.444. The molecule has 9 heteroatoms. The van der Waals surface area contributed by atoms with Crippen LogP contribution in [0.25, 0.3) is 17.0 Å². The summed E-state index contributed by atoms with van der Waals surface area (Å²) in [6.45, 7) is 3.15. The highest BCUT2D eigenvalue weighted by Gasteiger charge is 2.35. The molecule has 1 amide bonds. The van der Waals surface area contributed by atoms with Crippen molar-refractivity contribution >= 4 is 50.7 Å². The highest BCUT2D eigenvalue weighted by Crippen LogP contribution is 2.31. The minimum atomic E-state index is -0.417. The summed E-state index contributed by atoms with van der Waals surface area (Å²) < 4.78 is 13.3.